The Morgan fingerprint density at radius 3 is 2.75 bits per heavy atom. The lowest BCUT2D eigenvalue weighted by Gasteiger charge is -2.18. The molecule has 132 valence electrons. The van der Waals surface area contributed by atoms with Crippen LogP contribution in [0.2, 0.25) is 0 Å². The van der Waals surface area contributed by atoms with Gasteiger partial charge >= 0.3 is 7.82 Å². The van der Waals surface area contributed by atoms with Gasteiger partial charge in [-0.2, -0.15) is 0 Å². The van der Waals surface area contributed by atoms with Crippen LogP contribution in [0.25, 0.3) is 11.2 Å². The van der Waals surface area contributed by atoms with Gasteiger partial charge in [0.15, 0.2) is 23.2 Å². The fourth-order valence-corrected chi connectivity index (χ4v) is 2.93. The molecule has 6 N–H and O–H groups in total. The summed E-state index contributed by atoms with van der Waals surface area (Å²) in [5, 5.41) is 20.3. The number of nitrogens with zero attached hydrogens (tertiary/aromatic N) is 4. The molecule has 0 spiro atoms. The van der Waals surface area contributed by atoms with Crippen LogP contribution in [0, 0.1) is 6.92 Å². The molecular formula is C11H16N5O7P. The number of hydrogen-bond acceptors (Lipinski definition) is 9. The van der Waals surface area contributed by atoms with Crippen LogP contribution in [0.15, 0.2) is 6.33 Å². The molecule has 0 radical (unpaired) electrons. The van der Waals surface area contributed by atoms with Crippen molar-refractivity contribution in [3.8, 4) is 0 Å². The molecule has 3 heterocycles. The molecule has 0 aliphatic carbocycles. The molecule has 0 aromatic carbocycles. The highest BCUT2D eigenvalue weighted by atomic mass is 31.2. The van der Waals surface area contributed by atoms with E-state index in [1.807, 2.05) is 0 Å². The molecule has 0 bridgehead atoms. The maximum Gasteiger partial charge on any atom is 0.469 e. The molecule has 1 saturated heterocycles. The first-order valence-electron chi connectivity index (χ1n) is 6.85. The summed E-state index contributed by atoms with van der Waals surface area (Å²) >= 11 is 0. The second-order valence-electron chi connectivity index (χ2n) is 5.29. The van der Waals surface area contributed by atoms with Gasteiger partial charge < -0.3 is 30.5 Å². The van der Waals surface area contributed by atoms with Gasteiger partial charge in [-0.3, -0.25) is 9.09 Å². The minimum atomic E-state index is -4.73. The summed E-state index contributed by atoms with van der Waals surface area (Å²) in [7, 11) is -4.73. The number of aryl methyl sites for hydroxylation is 1. The van der Waals surface area contributed by atoms with E-state index in [4.69, 9.17) is 20.3 Å². The Bertz CT molecular complexity index is 807. The normalized spacial score (nSPS) is 27.9. The van der Waals surface area contributed by atoms with E-state index in [0.717, 1.165) is 0 Å². The number of phosphoric ester groups is 1. The predicted octanol–water partition coefficient (Wildman–Crippen LogP) is -1.55. The Kier molecular flexibility index (Phi) is 4.30. The van der Waals surface area contributed by atoms with Gasteiger partial charge in [0.2, 0.25) is 0 Å². The van der Waals surface area contributed by atoms with Gasteiger partial charge in [0.25, 0.3) is 0 Å². The molecule has 13 heteroatoms. The zero-order chi connectivity index (χ0) is 17.6. The number of nitrogens with two attached hydrogens (primary N) is 1. The Morgan fingerprint density at radius 2 is 2.08 bits per heavy atom. The SMILES string of the molecule is Cc1nc2c(N)ncnc2n1[C@@H]1O[C@H](COP(=O)(O)O)[C@@H](O)[C@H]1O. The number of aliphatic hydroxyl groups excluding tert-OH is 2. The van der Waals surface area contributed by atoms with Gasteiger partial charge in [0, 0.05) is 0 Å². The van der Waals surface area contributed by atoms with Crippen molar-refractivity contribution in [2.24, 2.45) is 0 Å². The number of hydrogen-bond donors (Lipinski definition) is 5. The average Bonchev–Trinajstić information content (AvgIpc) is 2.96. The van der Waals surface area contributed by atoms with Crippen molar-refractivity contribution in [2.75, 3.05) is 12.3 Å². The Morgan fingerprint density at radius 1 is 1.38 bits per heavy atom. The summed E-state index contributed by atoms with van der Waals surface area (Å²) in [5.41, 5.74) is 6.35. The molecule has 12 nitrogen and oxygen atoms in total. The maximum absolute atomic E-state index is 10.8. The van der Waals surface area contributed by atoms with Crippen molar-refractivity contribution >= 4 is 24.8 Å². The summed E-state index contributed by atoms with van der Waals surface area (Å²) in [5.74, 6) is 0.557. The number of phosphoric acid groups is 1. The molecule has 1 aliphatic heterocycles. The van der Waals surface area contributed by atoms with E-state index in [-0.39, 0.29) is 5.82 Å². The van der Waals surface area contributed by atoms with Crippen LogP contribution in [0.3, 0.4) is 0 Å². The highest BCUT2D eigenvalue weighted by Gasteiger charge is 2.45. The second-order valence-corrected chi connectivity index (χ2v) is 6.53. The van der Waals surface area contributed by atoms with Crippen molar-refractivity contribution in [1.29, 1.82) is 0 Å². The molecule has 0 saturated carbocycles. The van der Waals surface area contributed by atoms with Gasteiger partial charge in [-0.15, -0.1) is 0 Å². The maximum atomic E-state index is 10.8. The molecule has 0 unspecified atom stereocenters. The van der Waals surface area contributed by atoms with Crippen LogP contribution in [0.5, 0.6) is 0 Å². The van der Waals surface area contributed by atoms with Crippen LogP contribution in [0.1, 0.15) is 12.1 Å². The fourth-order valence-electron chi connectivity index (χ4n) is 2.59. The topological polar surface area (TPSA) is 186 Å². The number of rotatable bonds is 4. The van der Waals surface area contributed by atoms with Gasteiger partial charge in [-0.25, -0.2) is 19.5 Å². The number of nitrogen functional groups attached to an aromatic ring is 1. The predicted molar refractivity (Wildman–Crippen MR) is 78.4 cm³/mol. The lowest BCUT2D eigenvalue weighted by atomic mass is 10.1. The molecule has 1 aliphatic rings. The molecule has 2 aromatic rings. The highest BCUT2D eigenvalue weighted by Crippen LogP contribution is 2.39. The van der Waals surface area contributed by atoms with E-state index in [9.17, 15) is 14.8 Å². The molecule has 3 rings (SSSR count). The molecule has 1 fully saturated rings. The van der Waals surface area contributed by atoms with E-state index >= 15 is 0 Å². The molecular weight excluding hydrogens is 345 g/mol. The van der Waals surface area contributed by atoms with E-state index in [1.54, 1.807) is 6.92 Å². The van der Waals surface area contributed by atoms with Gasteiger partial charge in [0.05, 0.1) is 6.61 Å². The van der Waals surface area contributed by atoms with E-state index in [2.05, 4.69) is 19.5 Å². The number of aliphatic hydroxyl groups is 2. The summed E-state index contributed by atoms with van der Waals surface area (Å²) in [6.07, 6.45) is -3.81. The third-order valence-electron chi connectivity index (χ3n) is 3.68. The minimum absolute atomic E-state index is 0.149. The monoisotopic (exact) mass is 361 g/mol. The number of fused-ring (bicyclic) bond motifs is 1. The van der Waals surface area contributed by atoms with Crippen LogP contribution in [-0.2, 0) is 13.8 Å². The van der Waals surface area contributed by atoms with Crippen molar-refractivity contribution in [2.45, 2.75) is 31.5 Å². The Balaban J connectivity index is 1.92. The largest absolute Gasteiger partial charge is 0.469 e. The number of ether oxygens (including phenoxy) is 1. The summed E-state index contributed by atoms with van der Waals surface area (Å²) in [6.45, 7) is 1.03. The third kappa shape index (κ3) is 3.00. The van der Waals surface area contributed by atoms with Crippen molar-refractivity contribution in [3.05, 3.63) is 12.2 Å². The highest BCUT2D eigenvalue weighted by molar-refractivity contribution is 7.46. The second kappa shape index (κ2) is 6.01. The van der Waals surface area contributed by atoms with Crippen LogP contribution < -0.4 is 5.73 Å². The van der Waals surface area contributed by atoms with Crippen molar-refractivity contribution in [3.63, 3.8) is 0 Å². The number of imidazole rings is 1. The Labute approximate surface area is 135 Å². The van der Waals surface area contributed by atoms with Gasteiger partial charge in [-0.1, -0.05) is 0 Å². The average molecular weight is 361 g/mol. The summed E-state index contributed by atoms with van der Waals surface area (Å²) < 4.78 is 22.1. The number of aromatic nitrogens is 4. The standard InChI is InChI=1S/C11H16N5O7P/c1-4-15-6-9(12)13-3-14-10(6)16(4)11-8(18)7(17)5(23-11)2-22-24(19,20)21/h3,5,7-8,11,17-18H,2H2,1H3,(H2,12,13,14)(H2,19,20,21)/t5-,7-,8-,11-/m1/s1. The first kappa shape index (κ1) is 17.2. The molecule has 24 heavy (non-hydrogen) atoms. The van der Waals surface area contributed by atoms with E-state index in [0.29, 0.717) is 17.0 Å². The van der Waals surface area contributed by atoms with Crippen molar-refractivity contribution in [1.82, 2.24) is 19.5 Å². The lowest BCUT2D eigenvalue weighted by molar-refractivity contribution is -0.0512. The minimum Gasteiger partial charge on any atom is -0.387 e. The quantitative estimate of drug-likeness (QED) is 0.397. The van der Waals surface area contributed by atoms with Crippen molar-refractivity contribution < 1.29 is 33.8 Å². The molecule has 4 atom stereocenters. The third-order valence-corrected chi connectivity index (χ3v) is 4.17. The molecule has 2 aromatic heterocycles. The van der Waals surface area contributed by atoms with Gasteiger partial charge in [0.1, 0.15) is 30.5 Å². The van der Waals surface area contributed by atoms with Crippen LogP contribution >= 0.6 is 7.82 Å². The van der Waals surface area contributed by atoms with Gasteiger partial charge in [-0.05, 0) is 6.92 Å². The lowest BCUT2D eigenvalue weighted by Crippen LogP contribution is -2.33. The van der Waals surface area contributed by atoms with Crippen LogP contribution in [-0.4, -0.2) is 64.4 Å². The van der Waals surface area contributed by atoms with E-state index in [1.165, 1.54) is 10.9 Å². The Hall–Kier alpha value is -1.66. The van der Waals surface area contributed by atoms with Crippen LogP contribution in [0.4, 0.5) is 5.82 Å². The zero-order valence-corrected chi connectivity index (χ0v) is 13.3. The zero-order valence-electron chi connectivity index (χ0n) is 12.4. The first-order valence-corrected chi connectivity index (χ1v) is 8.39. The first-order chi connectivity index (χ1) is 11.2. The van der Waals surface area contributed by atoms with E-state index < -0.39 is 39.0 Å². The smallest absolute Gasteiger partial charge is 0.387 e. The fraction of sp³-hybridized carbons (Fsp3) is 0.545. The number of anilines is 1. The molecule has 0 amide bonds. The summed E-state index contributed by atoms with van der Waals surface area (Å²) in [4.78, 5) is 29.6. The summed E-state index contributed by atoms with van der Waals surface area (Å²) in [6, 6.07) is 0.